The van der Waals surface area contributed by atoms with Gasteiger partial charge in [-0.15, -0.1) is 11.3 Å². The van der Waals surface area contributed by atoms with Crippen LogP contribution in [0.4, 0.5) is 5.13 Å². The molecule has 0 aliphatic heterocycles. The number of carbonyl (C=O) groups excluding carboxylic acids is 1. The zero-order valence-corrected chi connectivity index (χ0v) is 12.0. The molecule has 1 amide bonds. The molecular formula is C12H17N3O3S. The van der Waals surface area contributed by atoms with Crippen LogP contribution in [-0.2, 0) is 16.0 Å². The molecular weight excluding hydrogens is 266 g/mol. The normalized spacial score (nSPS) is 18.8. The molecule has 0 fully saturated rings. The SMILES string of the molecule is CC(Nc1nc2c(s1)CCC2C(=O)O)C(=O)N(C)C. The largest absolute Gasteiger partial charge is 0.481 e. The van der Waals surface area contributed by atoms with Crippen LogP contribution < -0.4 is 5.32 Å². The summed E-state index contributed by atoms with van der Waals surface area (Å²) >= 11 is 1.44. The Morgan fingerprint density at radius 2 is 2.21 bits per heavy atom. The summed E-state index contributed by atoms with van der Waals surface area (Å²) in [6, 6.07) is -0.371. The maximum atomic E-state index is 11.7. The van der Waals surface area contributed by atoms with Crippen LogP contribution in [0, 0.1) is 0 Å². The molecule has 104 valence electrons. The van der Waals surface area contributed by atoms with E-state index >= 15 is 0 Å². The molecule has 0 bridgehead atoms. The minimum absolute atomic E-state index is 0.0369. The monoisotopic (exact) mass is 283 g/mol. The molecule has 0 aromatic carbocycles. The van der Waals surface area contributed by atoms with Gasteiger partial charge >= 0.3 is 5.97 Å². The first kappa shape index (κ1) is 13.8. The lowest BCUT2D eigenvalue weighted by molar-refractivity contribution is -0.138. The predicted octanol–water partition coefficient (Wildman–Crippen LogP) is 1.15. The number of amides is 1. The summed E-state index contributed by atoms with van der Waals surface area (Å²) in [5, 5.41) is 12.8. The Morgan fingerprint density at radius 1 is 1.53 bits per heavy atom. The molecule has 1 aromatic heterocycles. The fraction of sp³-hybridized carbons (Fsp3) is 0.583. The smallest absolute Gasteiger partial charge is 0.312 e. The third-order valence-corrected chi connectivity index (χ3v) is 4.23. The summed E-state index contributed by atoms with van der Waals surface area (Å²) < 4.78 is 0. The van der Waals surface area contributed by atoms with Gasteiger partial charge in [-0.3, -0.25) is 9.59 Å². The van der Waals surface area contributed by atoms with Crippen molar-refractivity contribution in [2.45, 2.75) is 31.7 Å². The van der Waals surface area contributed by atoms with E-state index in [0.29, 0.717) is 17.2 Å². The number of aryl methyl sites for hydroxylation is 1. The van der Waals surface area contributed by atoms with Gasteiger partial charge in [0.25, 0.3) is 0 Å². The molecule has 1 heterocycles. The van der Waals surface area contributed by atoms with Gasteiger partial charge in [0, 0.05) is 19.0 Å². The van der Waals surface area contributed by atoms with Crippen molar-refractivity contribution in [3.8, 4) is 0 Å². The van der Waals surface area contributed by atoms with E-state index in [2.05, 4.69) is 10.3 Å². The van der Waals surface area contributed by atoms with Gasteiger partial charge in [-0.1, -0.05) is 0 Å². The van der Waals surface area contributed by atoms with E-state index in [9.17, 15) is 9.59 Å². The number of carbonyl (C=O) groups is 2. The minimum atomic E-state index is -0.826. The highest BCUT2D eigenvalue weighted by atomic mass is 32.1. The number of aromatic nitrogens is 1. The Labute approximate surface area is 115 Å². The quantitative estimate of drug-likeness (QED) is 0.866. The Bertz CT molecular complexity index is 512. The van der Waals surface area contributed by atoms with Crippen molar-refractivity contribution in [3.05, 3.63) is 10.6 Å². The predicted molar refractivity (Wildman–Crippen MR) is 72.6 cm³/mol. The number of anilines is 1. The number of nitrogens with one attached hydrogen (secondary N) is 1. The number of rotatable bonds is 4. The summed E-state index contributed by atoms with van der Waals surface area (Å²) in [6.45, 7) is 1.77. The number of hydrogen-bond donors (Lipinski definition) is 2. The first-order chi connectivity index (χ1) is 8.90. The van der Waals surface area contributed by atoms with Crippen LogP contribution in [0.2, 0.25) is 0 Å². The van der Waals surface area contributed by atoms with E-state index in [-0.39, 0.29) is 11.9 Å². The van der Waals surface area contributed by atoms with Crippen LogP contribution in [0.3, 0.4) is 0 Å². The van der Waals surface area contributed by atoms with E-state index < -0.39 is 11.9 Å². The number of fused-ring (bicyclic) bond motifs is 1. The second-order valence-electron chi connectivity index (χ2n) is 4.86. The molecule has 7 heteroatoms. The zero-order chi connectivity index (χ0) is 14.2. The standard InChI is InChI=1S/C12H17N3O3S/c1-6(10(16)15(2)3)13-12-14-9-7(11(17)18)4-5-8(9)19-12/h6-7H,4-5H2,1-3H3,(H,13,14)(H,17,18). The number of carboxylic acid groups (broad SMARTS) is 1. The Kier molecular flexibility index (Phi) is 3.75. The first-order valence-electron chi connectivity index (χ1n) is 6.10. The second-order valence-corrected chi connectivity index (χ2v) is 5.94. The first-order valence-corrected chi connectivity index (χ1v) is 6.92. The third kappa shape index (κ3) is 2.70. The topological polar surface area (TPSA) is 82.5 Å². The molecule has 0 saturated heterocycles. The molecule has 1 aliphatic rings. The number of hydrogen-bond acceptors (Lipinski definition) is 5. The summed E-state index contributed by atoms with van der Waals surface area (Å²) in [5.74, 6) is -1.36. The van der Waals surface area contributed by atoms with Gasteiger partial charge in [0.15, 0.2) is 5.13 Å². The maximum absolute atomic E-state index is 11.7. The van der Waals surface area contributed by atoms with Crippen molar-refractivity contribution in [1.82, 2.24) is 9.88 Å². The van der Waals surface area contributed by atoms with Crippen LogP contribution in [-0.4, -0.2) is 47.0 Å². The fourth-order valence-corrected chi connectivity index (χ4v) is 3.29. The molecule has 2 atom stereocenters. The van der Waals surface area contributed by atoms with E-state index in [4.69, 9.17) is 5.11 Å². The lowest BCUT2D eigenvalue weighted by atomic mass is 10.1. The van der Waals surface area contributed by atoms with Crippen molar-refractivity contribution in [3.63, 3.8) is 0 Å². The van der Waals surface area contributed by atoms with Crippen molar-refractivity contribution < 1.29 is 14.7 Å². The number of aliphatic carboxylic acids is 1. The lowest BCUT2D eigenvalue weighted by Gasteiger charge is -2.17. The fourth-order valence-electron chi connectivity index (χ4n) is 2.16. The highest BCUT2D eigenvalue weighted by molar-refractivity contribution is 7.15. The van der Waals surface area contributed by atoms with Crippen LogP contribution in [0.25, 0.3) is 0 Å². The van der Waals surface area contributed by atoms with Crippen molar-refractivity contribution in [2.24, 2.45) is 0 Å². The Hall–Kier alpha value is -1.63. The van der Waals surface area contributed by atoms with Gasteiger partial charge in [0.2, 0.25) is 5.91 Å². The van der Waals surface area contributed by atoms with Gasteiger partial charge in [-0.25, -0.2) is 4.98 Å². The van der Waals surface area contributed by atoms with Crippen LogP contribution in [0.1, 0.15) is 29.8 Å². The summed E-state index contributed by atoms with van der Waals surface area (Å²) in [6.07, 6.45) is 1.37. The molecule has 6 nitrogen and oxygen atoms in total. The maximum Gasteiger partial charge on any atom is 0.312 e. The molecule has 2 N–H and O–H groups in total. The van der Waals surface area contributed by atoms with Crippen LogP contribution in [0.15, 0.2) is 0 Å². The highest BCUT2D eigenvalue weighted by Gasteiger charge is 2.32. The third-order valence-electron chi connectivity index (χ3n) is 3.17. The van der Waals surface area contributed by atoms with Crippen molar-refractivity contribution in [2.75, 3.05) is 19.4 Å². The van der Waals surface area contributed by atoms with Gasteiger partial charge in [0.05, 0.1) is 5.69 Å². The number of likely N-dealkylation sites (N-methyl/N-ethyl adjacent to an activating group) is 1. The summed E-state index contributed by atoms with van der Waals surface area (Å²) in [5.41, 5.74) is 0.657. The van der Waals surface area contributed by atoms with Crippen LogP contribution >= 0.6 is 11.3 Å². The highest BCUT2D eigenvalue weighted by Crippen LogP contribution is 2.38. The average Bonchev–Trinajstić information content (AvgIpc) is 2.86. The van der Waals surface area contributed by atoms with Gasteiger partial charge in [0.1, 0.15) is 12.0 Å². The van der Waals surface area contributed by atoms with Crippen molar-refractivity contribution in [1.29, 1.82) is 0 Å². The molecule has 0 saturated carbocycles. The molecule has 19 heavy (non-hydrogen) atoms. The zero-order valence-electron chi connectivity index (χ0n) is 11.1. The molecule has 1 aliphatic carbocycles. The van der Waals surface area contributed by atoms with E-state index in [0.717, 1.165) is 11.3 Å². The number of thiazole rings is 1. The van der Waals surface area contributed by atoms with E-state index in [1.54, 1.807) is 21.0 Å². The number of carboxylic acids is 1. The molecule has 0 spiro atoms. The molecule has 2 rings (SSSR count). The molecule has 1 aromatic rings. The Morgan fingerprint density at radius 3 is 2.79 bits per heavy atom. The Balaban J connectivity index is 2.10. The molecule has 2 unspecified atom stereocenters. The summed E-state index contributed by atoms with van der Waals surface area (Å²) in [4.78, 5) is 29.7. The second kappa shape index (κ2) is 5.16. The average molecular weight is 283 g/mol. The van der Waals surface area contributed by atoms with E-state index in [1.165, 1.54) is 16.2 Å². The van der Waals surface area contributed by atoms with Crippen LogP contribution in [0.5, 0.6) is 0 Å². The van der Waals surface area contributed by atoms with Gasteiger partial charge in [-0.2, -0.15) is 0 Å². The minimum Gasteiger partial charge on any atom is -0.481 e. The lowest BCUT2D eigenvalue weighted by Crippen LogP contribution is -2.36. The van der Waals surface area contributed by atoms with Gasteiger partial charge < -0.3 is 15.3 Å². The van der Waals surface area contributed by atoms with Crippen molar-refractivity contribution >= 4 is 28.3 Å². The van der Waals surface area contributed by atoms with Gasteiger partial charge in [-0.05, 0) is 19.8 Å². The molecule has 0 radical (unpaired) electrons. The number of nitrogens with zero attached hydrogens (tertiary/aromatic N) is 2. The van der Waals surface area contributed by atoms with E-state index in [1.807, 2.05) is 0 Å². The summed E-state index contributed by atoms with van der Waals surface area (Å²) in [7, 11) is 3.39.